The van der Waals surface area contributed by atoms with Gasteiger partial charge in [-0.15, -0.1) is 0 Å². The molecule has 0 amide bonds. The number of benzene rings is 1. The summed E-state index contributed by atoms with van der Waals surface area (Å²) in [4.78, 5) is 4.54. The summed E-state index contributed by atoms with van der Waals surface area (Å²) in [6.07, 6.45) is 6.64. The second kappa shape index (κ2) is 6.19. The standard InChI is InChI=1S/C18H22N2/c1-2-14-6-7-18(20-12-14)11-15-4-3-5-16(10-15)13-19-17-8-9-17/h3-7,10,12,17,19H,2,8-9,11,13H2,1H3. The third kappa shape index (κ3) is 3.67. The van der Waals surface area contributed by atoms with E-state index in [1.54, 1.807) is 0 Å². The molecule has 1 aliphatic rings. The van der Waals surface area contributed by atoms with Gasteiger partial charge in [0.05, 0.1) is 0 Å². The van der Waals surface area contributed by atoms with Gasteiger partial charge >= 0.3 is 0 Å². The van der Waals surface area contributed by atoms with Gasteiger partial charge in [-0.1, -0.05) is 37.3 Å². The van der Waals surface area contributed by atoms with Gasteiger partial charge in [0.1, 0.15) is 0 Å². The minimum atomic E-state index is 0.766. The van der Waals surface area contributed by atoms with Crippen LogP contribution in [0, 0.1) is 0 Å². The maximum Gasteiger partial charge on any atom is 0.0447 e. The van der Waals surface area contributed by atoms with Gasteiger partial charge in [-0.3, -0.25) is 4.98 Å². The van der Waals surface area contributed by atoms with Crippen LogP contribution in [0.15, 0.2) is 42.6 Å². The first-order valence-corrected chi connectivity index (χ1v) is 7.58. The highest BCUT2D eigenvalue weighted by molar-refractivity contribution is 5.28. The molecule has 1 N–H and O–H groups in total. The highest BCUT2D eigenvalue weighted by Crippen LogP contribution is 2.19. The molecule has 1 heterocycles. The van der Waals surface area contributed by atoms with Crippen molar-refractivity contribution in [2.45, 2.75) is 45.2 Å². The van der Waals surface area contributed by atoms with E-state index >= 15 is 0 Å². The van der Waals surface area contributed by atoms with Crippen molar-refractivity contribution in [3.63, 3.8) is 0 Å². The minimum Gasteiger partial charge on any atom is -0.310 e. The van der Waals surface area contributed by atoms with Crippen LogP contribution in [-0.4, -0.2) is 11.0 Å². The van der Waals surface area contributed by atoms with Crippen molar-refractivity contribution >= 4 is 0 Å². The predicted molar refractivity (Wildman–Crippen MR) is 82.7 cm³/mol. The first-order chi connectivity index (χ1) is 9.83. The number of hydrogen-bond donors (Lipinski definition) is 1. The van der Waals surface area contributed by atoms with Crippen LogP contribution in [0.4, 0.5) is 0 Å². The number of nitrogens with zero attached hydrogens (tertiary/aromatic N) is 1. The van der Waals surface area contributed by atoms with E-state index in [0.29, 0.717) is 0 Å². The molecule has 0 aliphatic heterocycles. The van der Waals surface area contributed by atoms with Crippen molar-refractivity contribution in [3.8, 4) is 0 Å². The summed E-state index contributed by atoms with van der Waals surface area (Å²) in [6, 6.07) is 13.9. The van der Waals surface area contributed by atoms with Crippen LogP contribution < -0.4 is 5.32 Å². The van der Waals surface area contributed by atoms with Crippen molar-refractivity contribution in [1.82, 2.24) is 10.3 Å². The van der Waals surface area contributed by atoms with Crippen LogP contribution in [0.2, 0.25) is 0 Å². The fourth-order valence-corrected chi connectivity index (χ4v) is 2.38. The Morgan fingerprint density at radius 1 is 1.10 bits per heavy atom. The highest BCUT2D eigenvalue weighted by atomic mass is 14.9. The maximum atomic E-state index is 4.54. The lowest BCUT2D eigenvalue weighted by Gasteiger charge is -2.07. The molecule has 0 saturated heterocycles. The molecule has 1 aromatic heterocycles. The smallest absolute Gasteiger partial charge is 0.0447 e. The SMILES string of the molecule is CCc1ccc(Cc2cccc(CNC3CC3)c2)nc1. The van der Waals surface area contributed by atoms with Gasteiger partial charge in [0, 0.05) is 30.9 Å². The first-order valence-electron chi connectivity index (χ1n) is 7.58. The van der Waals surface area contributed by atoms with Crippen molar-refractivity contribution in [2.24, 2.45) is 0 Å². The van der Waals surface area contributed by atoms with E-state index in [0.717, 1.165) is 31.1 Å². The van der Waals surface area contributed by atoms with Crippen LogP contribution in [0.5, 0.6) is 0 Å². The molecule has 1 fully saturated rings. The zero-order valence-corrected chi connectivity index (χ0v) is 12.1. The van der Waals surface area contributed by atoms with Crippen LogP contribution in [-0.2, 0) is 19.4 Å². The van der Waals surface area contributed by atoms with Crippen LogP contribution in [0.25, 0.3) is 0 Å². The van der Waals surface area contributed by atoms with Crippen molar-refractivity contribution in [1.29, 1.82) is 0 Å². The Balaban J connectivity index is 1.64. The topological polar surface area (TPSA) is 24.9 Å². The van der Waals surface area contributed by atoms with Gasteiger partial charge in [-0.05, 0) is 42.0 Å². The molecular formula is C18H22N2. The number of pyridine rings is 1. The molecule has 2 aromatic rings. The molecule has 1 aliphatic carbocycles. The molecule has 0 bridgehead atoms. The van der Waals surface area contributed by atoms with Crippen molar-refractivity contribution in [3.05, 3.63) is 65.0 Å². The van der Waals surface area contributed by atoms with E-state index in [2.05, 4.69) is 53.6 Å². The van der Waals surface area contributed by atoms with E-state index in [1.807, 2.05) is 6.20 Å². The number of hydrogen-bond acceptors (Lipinski definition) is 2. The Labute approximate surface area is 121 Å². The van der Waals surface area contributed by atoms with Crippen molar-refractivity contribution in [2.75, 3.05) is 0 Å². The zero-order valence-electron chi connectivity index (χ0n) is 12.1. The van der Waals surface area contributed by atoms with E-state index < -0.39 is 0 Å². The maximum absolute atomic E-state index is 4.54. The molecule has 0 radical (unpaired) electrons. The monoisotopic (exact) mass is 266 g/mol. The van der Waals surface area contributed by atoms with Crippen LogP contribution in [0.1, 0.15) is 42.1 Å². The largest absolute Gasteiger partial charge is 0.310 e. The number of rotatable bonds is 6. The molecule has 20 heavy (non-hydrogen) atoms. The number of nitrogens with one attached hydrogen (secondary N) is 1. The van der Waals surface area contributed by atoms with Gasteiger partial charge < -0.3 is 5.32 Å². The Bertz CT molecular complexity index is 556. The summed E-state index contributed by atoms with van der Waals surface area (Å²) in [5.74, 6) is 0. The second-order valence-corrected chi connectivity index (χ2v) is 5.66. The molecule has 2 heteroatoms. The number of aryl methyl sites for hydroxylation is 1. The van der Waals surface area contributed by atoms with E-state index in [-0.39, 0.29) is 0 Å². The normalized spacial score (nSPS) is 14.4. The summed E-state index contributed by atoms with van der Waals surface area (Å²) >= 11 is 0. The Kier molecular flexibility index (Phi) is 4.12. The Morgan fingerprint density at radius 3 is 2.65 bits per heavy atom. The average molecular weight is 266 g/mol. The second-order valence-electron chi connectivity index (χ2n) is 5.66. The van der Waals surface area contributed by atoms with Crippen LogP contribution >= 0.6 is 0 Å². The van der Waals surface area contributed by atoms with Gasteiger partial charge in [0.2, 0.25) is 0 Å². The molecule has 104 valence electrons. The molecule has 0 unspecified atom stereocenters. The van der Waals surface area contributed by atoms with Gasteiger partial charge in [-0.2, -0.15) is 0 Å². The summed E-state index contributed by atoms with van der Waals surface area (Å²) in [6.45, 7) is 3.15. The van der Waals surface area contributed by atoms with Gasteiger partial charge in [-0.25, -0.2) is 0 Å². The third-order valence-corrected chi connectivity index (χ3v) is 3.84. The average Bonchev–Trinajstić information content (AvgIpc) is 3.31. The molecule has 3 rings (SSSR count). The highest BCUT2D eigenvalue weighted by Gasteiger charge is 2.19. The fraction of sp³-hybridized carbons (Fsp3) is 0.389. The lowest BCUT2D eigenvalue weighted by atomic mass is 10.1. The molecule has 1 aromatic carbocycles. The first kappa shape index (κ1) is 13.3. The quantitative estimate of drug-likeness (QED) is 0.865. The molecule has 2 nitrogen and oxygen atoms in total. The summed E-state index contributed by atoms with van der Waals surface area (Å²) < 4.78 is 0. The minimum absolute atomic E-state index is 0.766. The summed E-state index contributed by atoms with van der Waals surface area (Å²) in [7, 11) is 0. The lowest BCUT2D eigenvalue weighted by molar-refractivity contribution is 0.687. The molecule has 0 atom stereocenters. The van der Waals surface area contributed by atoms with E-state index in [4.69, 9.17) is 0 Å². The van der Waals surface area contributed by atoms with Crippen molar-refractivity contribution < 1.29 is 0 Å². The van der Waals surface area contributed by atoms with E-state index in [1.165, 1.54) is 29.5 Å². The van der Waals surface area contributed by atoms with Crippen LogP contribution in [0.3, 0.4) is 0 Å². The molecule has 1 saturated carbocycles. The number of aromatic nitrogens is 1. The lowest BCUT2D eigenvalue weighted by Crippen LogP contribution is -2.15. The Hall–Kier alpha value is -1.67. The van der Waals surface area contributed by atoms with E-state index in [9.17, 15) is 0 Å². The zero-order chi connectivity index (χ0) is 13.8. The van der Waals surface area contributed by atoms with Gasteiger partial charge in [0.15, 0.2) is 0 Å². The summed E-state index contributed by atoms with van der Waals surface area (Å²) in [5.41, 5.74) is 5.17. The summed E-state index contributed by atoms with van der Waals surface area (Å²) in [5, 5.41) is 3.56. The van der Waals surface area contributed by atoms with Gasteiger partial charge in [0.25, 0.3) is 0 Å². The third-order valence-electron chi connectivity index (χ3n) is 3.84. The molecular weight excluding hydrogens is 244 g/mol. The molecule has 0 spiro atoms. The Morgan fingerprint density at radius 2 is 1.95 bits per heavy atom. The predicted octanol–water partition coefficient (Wildman–Crippen LogP) is 3.49. The fourth-order valence-electron chi connectivity index (χ4n) is 2.38.